The fourth-order valence-electron chi connectivity index (χ4n) is 5.48. The molecule has 2 atom stereocenters. The highest BCUT2D eigenvalue weighted by molar-refractivity contribution is 6.31. The van der Waals surface area contributed by atoms with Gasteiger partial charge < -0.3 is 15.4 Å². The number of anilines is 1. The maximum absolute atomic E-state index is 13.2. The highest BCUT2D eigenvalue weighted by atomic mass is 35.5. The first-order chi connectivity index (χ1) is 17.6. The standard InChI is InChI=1S/C25H26Cl2F3N5O2/c26-14-3-5-18-16(12-14)15-7-10-34(11-8-31-21-6-4-17(27)23(33-21)25(28,29)30)20(22(15)32-18)13-35-9-1-2-19(35)24(36)37/h3-6,12,19-20,32H,1-2,7-11,13H2,(H,31,33)(H,36,37)/t19-,20?/m0/s1. The van der Waals surface area contributed by atoms with Gasteiger partial charge in [0.05, 0.1) is 11.1 Å². The zero-order valence-electron chi connectivity index (χ0n) is 19.8. The highest BCUT2D eigenvalue weighted by Gasteiger charge is 2.38. The summed E-state index contributed by atoms with van der Waals surface area (Å²) in [5.74, 6) is -0.726. The van der Waals surface area contributed by atoms with E-state index in [9.17, 15) is 23.1 Å². The molecule has 12 heteroatoms. The number of aromatic amines is 1. The second-order valence-electron chi connectivity index (χ2n) is 9.45. The average Bonchev–Trinajstić information content (AvgIpc) is 3.45. The van der Waals surface area contributed by atoms with Gasteiger partial charge in [-0.2, -0.15) is 13.2 Å². The molecule has 1 unspecified atom stereocenters. The van der Waals surface area contributed by atoms with E-state index in [2.05, 4.69) is 20.2 Å². The molecule has 2 aliphatic rings. The monoisotopic (exact) mass is 555 g/mol. The summed E-state index contributed by atoms with van der Waals surface area (Å²) in [6.07, 6.45) is -2.43. The zero-order valence-corrected chi connectivity index (χ0v) is 21.3. The van der Waals surface area contributed by atoms with Crippen molar-refractivity contribution in [2.75, 3.05) is 38.0 Å². The number of fused-ring (bicyclic) bond motifs is 3. The number of carboxylic acids is 1. The first-order valence-corrected chi connectivity index (χ1v) is 12.9. The molecule has 1 fully saturated rings. The van der Waals surface area contributed by atoms with E-state index < -0.39 is 28.9 Å². The number of hydrogen-bond acceptors (Lipinski definition) is 5. The minimum atomic E-state index is -4.64. The van der Waals surface area contributed by atoms with Crippen LogP contribution in [0.15, 0.2) is 30.3 Å². The van der Waals surface area contributed by atoms with Crippen molar-refractivity contribution >= 4 is 45.9 Å². The van der Waals surface area contributed by atoms with Crippen LogP contribution in [0.5, 0.6) is 0 Å². The Morgan fingerprint density at radius 3 is 2.76 bits per heavy atom. The number of nitrogens with zero attached hydrogens (tertiary/aromatic N) is 3. The van der Waals surface area contributed by atoms with E-state index >= 15 is 0 Å². The van der Waals surface area contributed by atoms with Gasteiger partial charge in [-0.25, -0.2) is 4.98 Å². The summed E-state index contributed by atoms with van der Waals surface area (Å²) in [5, 5.41) is 14.0. The Hall–Kier alpha value is -2.53. The van der Waals surface area contributed by atoms with Crippen molar-refractivity contribution in [2.24, 2.45) is 0 Å². The predicted octanol–water partition coefficient (Wildman–Crippen LogP) is 5.45. The Bertz CT molecular complexity index is 1320. The van der Waals surface area contributed by atoms with Crippen molar-refractivity contribution in [1.82, 2.24) is 19.8 Å². The molecule has 4 heterocycles. The zero-order chi connectivity index (χ0) is 26.3. The molecule has 3 N–H and O–H groups in total. The van der Waals surface area contributed by atoms with Crippen LogP contribution in [-0.4, -0.2) is 69.6 Å². The third kappa shape index (κ3) is 5.38. The minimum absolute atomic E-state index is 0.0942. The summed E-state index contributed by atoms with van der Waals surface area (Å²) >= 11 is 11.9. The number of H-pyrrole nitrogens is 1. The number of aromatic nitrogens is 2. The smallest absolute Gasteiger partial charge is 0.434 e. The Balaban J connectivity index is 1.37. The summed E-state index contributed by atoms with van der Waals surface area (Å²) in [5.41, 5.74) is 2.06. The van der Waals surface area contributed by atoms with Gasteiger partial charge in [0, 0.05) is 47.8 Å². The van der Waals surface area contributed by atoms with Crippen molar-refractivity contribution < 1.29 is 23.1 Å². The number of rotatable bonds is 7. The van der Waals surface area contributed by atoms with Gasteiger partial charge in [0.2, 0.25) is 0 Å². The number of carboxylic acid groups (broad SMARTS) is 1. The number of likely N-dealkylation sites (tertiary alicyclic amines) is 1. The lowest BCUT2D eigenvalue weighted by Crippen LogP contribution is -2.46. The number of hydrogen-bond donors (Lipinski definition) is 3. The van der Waals surface area contributed by atoms with E-state index in [0.29, 0.717) is 44.2 Å². The van der Waals surface area contributed by atoms with E-state index in [4.69, 9.17) is 23.2 Å². The van der Waals surface area contributed by atoms with Crippen LogP contribution < -0.4 is 5.32 Å². The molecule has 2 aromatic heterocycles. The Labute approximate surface area is 221 Å². The first kappa shape index (κ1) is 26.1. The van der Waals surface area contributed by atoms with Gasteiger partial charge in [0.1, 0.15) is 11.9 Å². The number of benzene rings is 1. The molecule has 0 bridgehead atoms. The van der Waals surface area contributed by atoms with Crippen LogP contribution in [0.4, 0.5) is 19.0 Å². The molecular formula is C25H26Cl2F3N5O2. The second-order valence-corrected chi connectivity index (χ2v) is 10.3. The summed E-state index contributed by atoms with van der Waals surface area (Å²) in [4.78, 5) is 23.3. The fourth-order valence-corrected chi connectivity index (χ4v) is 5.86. The highest BCUT2D eigenvalue weighted by Crippen LogP contribution is 2.37. The molecule has 1 saturated heterocycles. The number of nitrogens with one attached hydrogen (secondary N) is 2. The molecule has 0 saturated carbocycles. The largest absolute Gasteiger partial charge is 0.480 e. The van der Waals surface area contributed by atoms with Crippen LogP contribution in [0.2, 0.25) is 10.0 Å². The van der Waals surface area contributed by atoms with Crippen molar-refractivity contribution in [3.05, 3.63) is 57.3 Å². The van der Waals surface area contributed by atoms with Crippen LogP contribution in [-0.2, 0) is 17.4 Å². The summed E-state index contributed by atoms with van der Waals surface area (Å²) in [6, 6.07) is 7.69. The maximum Gasteiger partial charge on any atom is 0.434 e. The van der Waals surface area contributed by atoms with Crippen molar-refractivity contribution in [1.29, 1.82) is 0 Å². The quantitative estimate of drug-likeness (QED) is 0.359. The van der Waals surface area contributed by atoms with Crippen molar-refractivity contribution in [2.45, 2.75) is 37.5 Å². The topological polar surface area (TPSA) is 84.5 Å². The van der Waals surface area contributed by atoms with Gasteiger partial charge in [0.15, 0.2) is 5.69 Å². The van der Waals surface area contributed by atoms with Crippen LogP contribution in [0.25, 0.3) is 10.9 Å². The lowest BCUT2D eigenvalue weighted by atomic mass is 9.96. The summed E-state index contributed by atoms with van der Waals surface area (Å²) < 4.78 is 39.6. The third-order valence-electron chi connectivity index (χ3n) is 7.20. The van der Waals surface area contributed by atoms with Gasteiger partial charge >= 0.3 is 12.1 Å². The van der Waals surface area contributed by atoms with Crippen LogP contribution in [0.1, 0.15) is 35.8 Å². The fraction of sp³-hybridized carbons (Fsp3) is 0.440. The van der Waals surface area contributed by atoms with E-state index in [1.54, 1.807) is 0 Å². The van der Waals surface area contributed by atoms with Crippen LogP contribution in [0.3, 0.4) is 0 Å². The lowest BCUT2D eigenvalue weighted by molar-refractivity contribution is -0.142. The molecule has 0 spiro atoms. The molecule has 2 aliphatic heterocycles. The summed E-state index contributed by atoms with van der Waals surface area (Å²) in [7, 11) is 0. The van der Waals surface area contributed by atoms with Gasteiger partial charge in [-0.3, -0.25) is 14.6 Å². The molecular weight excluding hydrogens is 530 g/mol. The number of carbonyl (C=O) groups is 1. The molecule has 0 aliphatic carbocycles. The molecule has 37 heavy (non-hydrogen) atoms. The van der Waals surface area contributed by atoms with Gasteiger partial charge in [-0.1, -0.05) is 23.2 Å². The SMILES string of the molecule is O=C(O)[C@@H]1CCCN1CC1c2[nH]c3ccc(Cl)cc3c2CCN1CCNc1ccc(Cl)c(C(F)(F)F)n1. The van der Waals surface area contributed by atoms with Gasteiger partial charge in [-0.05, 0) is 61.7 Å². The molecule has 0 radical (unpaired) electrons. The van der Waals surface area contributed by atoms with E-state index in [1.807, 2.05) is 23.1 Å². The minimum Gasteiger partial charge on any atom is -0.480 e. The van der Waals surface area contributed by atoms with Crippen molar-refractivity contribution in [3.63, 3.8) is 0 Å². The summed E-state index contributed by atoms with van der Waals surface area (Å²) in [6.45, 7) is 2.83. The lowest BCUT2D eigenvalue weighted by Gasteiger charge is -2.38. The molecule has 198 valence electrons. The molecule has 5 rings (SSSR count). The number of halogens is 5. The van der Waals surface area contributed by atoms with E-state index in [1.165, 1.54) is 17.7 Å². The maximum atomic E-state index is 13.2. The van der Waals surface area contributed by atoms with Gasteiger partial charge in [0.25, 0.3) is 0 Å². The number of aliphatic carboxylic acids is 1. The molecule has 0 amide bonds. The second kappa shape index (κ2) is 10.3. The van der Waals surface area contributed by atoms with Gasteiger partial charge in [-0.15, -0.1) is 0 Å². The van der Waals surface area contributed by atoms with Crippen LogP contribution >= 0.6 is 23.2 Å². The van der Waals surface area contributed by atoms with E-state index in [-0.39, 0.29) is 11.9 Å². The number of alkyl halides is 3. The molecule has 1 aromatic carbocycles. The van der Waals surface area contributed by atoms with Crippen LogP contribution in [0, 0.1) is 0 Å². The normalized spacial score (nSPS) is 20.9. The Kier molecular flexibility index (Phi) is 7.28. The third-order valence-corrected chi connectivity index (χ3v) is 7.74. The first-order valence-electron chi connectivity index (χ1n) is 12.1. The average molecular weight is 556 g/mol. The molecule has 3 aromatic rings. The molecule has 7 nitrogen and oxygen atoms in total. The Morgan fingerprint density at radius 2 is 2.00 bits per heavy atom. The Morgan fingerprint density at radius 1 is 1.19 bits per heavy atom. The predicted molar refractivity (Wildman–Crippen MR) is 136 cm³/mol. The van der Waals surface area contributed by atoms with Crippen molar-refractivity contribution in [3.8, 4) is 0 Å². The van der Waals surface area contributed by atoms with E-state index in [0.717, 1.165) is 29.4 Å². The number of pyridine rings is 1.